The standard InChI is InChI=1S/C23H30N2O3/c1-18-7-4-5-8-20(18)17-24-13-15-25(16-14-24)22(26)12-11-19-9-6-10-21(27-2)23(19)28-3/h4-10H,11-17H2,1-3H3/p+1. The zero-order valence-electron chi connectivity index (χ0n) is 17.2. The van der Waals surface area contributed by atoms with Crippen molar-refractivity contribution in [2.45, 2.75) is 26.3 Å². The Hall–Kier alpha value is -2.53. The highest BCUT2D eigenvalue weighted by atomic mass is 16.5. The number of nitrogens with one attached hydrogen (secondary N) is 1. The van der Waals surface area contributed by atoms with Gasteiger partial charge >= 0.3 is 0 Å². The fourth-order valence-corrected chi connectivity index (χ4v) is 3.88. The van der Waals surface area contributed by atoms with E-state index in [1.807, 2.05) is 23.1 Å². The number of benzene rings is 2. The van der Waals surface area contributed by atoms with Gasteiger partial charge in [0.25, 0.3) is 0 Å². The molecule has 28 heavy (non-hydrogen) atoms. The molecule has 0 spiro atoms. The molecule has 0 unspecified atom stereocenters. The monoisotopic (exact) mass is 383 g/mol. The van der Waals surface area contributed by atoms with Crippen LogP contribution in [-0.2, 0) is 17.8 Å². The molecule has 0 saturated carbocycles. The number of hydrogen-bond donors (Lipinski definition) is 1. The lowest BCUT2D eigenvalue weighted by Crippen LogP contribution is -3.13. The van der Waals surface area contributed by atoms with Crippen molar-refractivity contribution in [2.75, 3.05) is 40.4 Å². The van der Waals surface area contributed by atoms with Gasteiger partial charge in [-0.05, 0) is 30.5 Å². The van der Waals surface area contributed by atoms with Crippen molar-refractivity contribution in [2.24, 2.45) is 0 Å². The molecule has 0 atom stereocenters. The SMILES string of the molecule is COc1cccc(CCC(=O)N2CC[NH+](Cc3ccccc3C)CC2)c1OC. The molecule has 5 nitrogen and oxygen atoms in total. The minimum atomic E-state index is 0.222. The number of hydrogen-bond acceptors (Lipinski definition) is 3. The number of para-hydroxylation sites is 1. The summed E-state index contributed by atoms with van der Waals surface area (Å²) < 4.78 is 10.8. The molecule has 1 aliphatic rings. The Labute approximate surface area is 167 Å². The van der Waals surface area contributed by atoms with Crippen LogP contribution in [0.3, 0.4) is 0 Å². The molecule has 1 N–H and O–H groups in total. The maximum Gasteiger partial charge on any atom is 0.223 e. The van der Waals surface area contributed by atoms with Gasteiger partial charge < -0.3 is 19.3 Å². The van der Waals surface area contributed by atoms with E-state index in [9.17, 15) is 4.79 Å². The molecular formula is C23H31N2O3+. The topological polar surface area (TPSA) is 43.2 Å². The predicted molar refractivity (Wildman–Crippen MR) is 110 cm³/mol. The molecule has 1 amide bonds. The zero-order chi connectivity index (χ0) is 19.9. The maximum absolute atomic E-state index is 12.7. The van der Waals surface area contributed by atoms with E-state index in [1.54, 1.807) is 19.1 Å². The lowest BCUT2D eigenvalue weighted by molar-refractivity contribution is -0.917. The first-order chi connectivity index (χ1) is 13.6. The largest absolute Gasteiger partial charge is 0.493 e. The molecule has 150 valence electrons. The fraction of sp³-hybridized carbons (Fsp3) is 0.435. The van der Waals surface area contributed by atoms with E-state index >= 15 is 0 Å². The van der Waals surface area contributed by atoms with Crippen LogP contribution in [0.25, 0.3) is 0 Å². The van der Waals surface area contributed by atoms with Gasteiger partial charge in [-0.25, -0.2) is 0 Å². The third kappa shape index (κ3) is 4.84. The van der Waals surface area contributed by atoms with E-state index in [0.717, 1.165) is 44.0 Å². The Morgan fingerprint density at radius 3 is 2.39 bits per heavy atom. The van der Waals surface area contributed by atoms with Gasteiger partial charge in [-0.3, -0.25) is 4.79 Å². The van der Waals surface area contributed by atoms with Crippen LogP contribution in [0.2, 0.25) is 0 Å². The first-order valence-electron chi connectivity index (χ1n) is 9.98. The molecule has 1 heterocycles. The predicted octanol–water partition coefficient (Wildman–Crippen LogP) is 1.87. The van der Waals surface area contributed by atoms with Gasteiger partial charge in [0.15, 0.2) is 11.5 Å². The van der Waals surface area contributed by atoms with Crippen molar-refractivity contribution in [3.63, 3.8) is 0 Å². The molecule has 2 aromatic rings. The normalized spacial score (nSPS) is 14.8. The number of aryl methyl sites for hydroxylation is 2. The van der Waals surface area contributed by atoms with E-state index < -0.39 is 0 Å². The van der Waals surface area contributed by atoms with Crippen LogP contribution in [0.1, 0.15) is 23.1 Å². The summed E-state index contributed by atoms with van der Waals surface area (Å²) in [7, 11) is 3.27. The van der Waals surface area contributed by atoms with E-state index in [1.165, 1.54) is 11.1 Å². The average molecular weight is 384 g/mol. The summed E-state index contributed by atoms with van der Waals surface area (Å²) in [6, 6.07) is 14.4. The number of nitrogens with zero attached hydrogens (tertiary/aromatic N) is 1. The van der Waals surface area contributed by atoms with E-state index in [0.29, 0.717) is 18.6 Å². The van der Waals surface area contributed by atoms with E-state index in [2.05, 4.69) is 31.2 Å². The van der Waals surface area contributed by atoms with E-state index in [-0.39, 0.29) is 5.91 Å². The Bertz CT molecular complexity index is 798. The summed E-state index contributed by atoms with van der Waals surface area (Å²) in [6.45, 7) is 6.87. The average Bonchev–Trinajstić information content (AvgIpc) is 2.73. The van der Waals surface area contributed by atoms with Crippen molar-refractivity contribution in [1.29, 1.82) is 0 Å². The minimum Gasteiger partial charge on any atom is -0.493 e. The first kappa shape index (κ1) is 20.2. The third-order valence-electron chi connectivity index (χ3n) is 5.62. The number of carbonyl (C=O) groups is 1. The fourth-order valence-electron chi connectivity index (χ4n) is 3.88. The van der Waals surface area contributed by atoms with Gasteiger partial charge in [-0.2, -0.15) is 0 Å². The van der Waals surface area contributed by atoms with Gasteiger partial charge in [-0.15, -0.1) is 0 Å². The summed E-state index contributed by atoms with van der Waals surface area (Å²) in [5, 5.41) is 0. The van der Waals surface area contributed by atoms with Crippen molar-refractivity contribution < 1.29 is 19.2 Å². The molecule has 0 bridgehead atoms. The van der Waals surface area contributed by atoms with Gasteiger partial charge in [0.05, 0.1) is 40.4 Å². The second-order valence-electron chi connectivity index (χ2n) is 7.39. The highest BCUT2D eigenvalue weighted by Gasteiger charge is 2.24. The van der Waals surface area contributed by atoms with Crippen LogP contribution in [0.5, 0.6) is 11.5 Å². The number of rotatable bonds is 7. The maximum atomic E-state index is 12.7. The summed E-state index contributed by atoms with van der Waals surface area (Å²) in [6.07, 6.45) is 1.16. The van der Waals surface area contributed by atoms with Crippen LogP contribution < -0.4 is 14.4 Å². The number of amides is 1. The quantitative estimate of drug-likeness (QED) is 0.794. The summed E-state index contributed by atoms with van der Waals surface area (Å²) in [5.74, 6) is 1.66. The highest BCUT2D eigenvalue weighted by Crippen LogP contribution is 2.31. The molecule has 2 aromatic carbocycles. The minimum absolute atomic E-state index is 0.222. The van der Waals surface area contributed by atoms with Crippen LogP contribution in [0.15, 0.2) is 42.5 Å². The molecular weight excluding hydrogens is 352 g/mol. The van der Waals surface area contributed by atoms with Gasteiger partial charge in [0.2, 0.25) is 5.91 Å². The summed E-state index contributed by atoms with van der Waals surface area (Å²) in [5.41, 5.74) is 3.77. The smallest absolute Gasteiger partial charge is 0.223 e. The lowest BCUT2D eigenvalue weighted by Gasteiger charge is -2.32. The number of piperazine rings is 1. The van der Waals surface area contributed by atoms with Crippen LogP contribution in [-0.4, -0.2) is 51.2 Å². The summed E-state index contributed by atoms with van der Waals surface area (Å²) in [4.78, 5) is 16.2. The van der Waals surface area contributed by atoms with Gasteiger partial charge in [0.1, 0.15) is 6.54 Å². The number of methoxy groups -OCH3 is 2. The second kappa shape index (κ2) is 9.60. The van der Waals surface area contributed by atoms with Crippen LogP contribution in [0, 0.1) is 6.92 Å². The summed E-state index contributed by atoms with van der Waals surface area (Å²) >= 11 is 0. The Balaban J connectivity index is 1.50. The van der Waals surface area contributed by atoms with E-state index in [4.69, 9.17) is 9.47 Å². The Morgan fingerprint density at radius 2 is 1.71 bits per heavy atom. The first-order valence-corrected chi connectivity index (χ1v) is 9.98. The number of quaternary nitrogens is 1. The molecule has 1 aliphatic heterocycles. The molecule has 0 aliphatic carbocycles. The Morgan fingerprint density at radius 1 is 1.00 bits per heavy atom. The molecule has 0 aromatic heterocycles. The Kier molecular flexibility index (Phi) is 6.93. The van der Waals surface area contributed by atoms with Gasteiger partial charge in [0, 0.05) is 12.0 Å². The molecule has 1 saturated heterocycles. The van der Waals surface area contributed by atoms with Crippen molar-refractivity contribution in [1.82, 2.24) is 4.90 Å². The third-order valence-corrected chi connectivity index (χ3v) is 5.62. The van der Waals surface area contributed by atoms with Crippen LogP contribution in [0.4, 0.5) is 0 Å². The van der Waals surface area contributed by atoms with Crippen molar-refractivity contribution in [3.05, 3.63) is 59.2 Å². The van der Waals surface area contributed by atoms with Crippen molar-refractivity contribution in [3.8, 4) is 11.5 Å². The lowest BCUT2D eigenvalue weighted by atomic mass is 10.1. The second-order valence-corrected chi connectivity index (χ2v) is 7.39. The molecule has 3 rings (SSSR count). The molecule has 5 heteroatoms. The molecule has 0 radical (unpaired) electrons. The van der Waals surface area contributed by atoms with Crippen LogP contribution >= 0.6 is 0 Å². The molecule has 1 fully saturated rings. The number of carbonyl (C=O) groups excluding carboxylic acids is 1. The van der Waals surface area contributed by atoms with Crippen molar-refractivity contribution >= 4 is 5.91 Å². The zero-order valence-corrected chi connectivity index (χ0v) is 17.2. The number of ether oxygens (including phenoxy) is 2. The highest BCUT2D eigenvalue weighted by molar-refractivity contribution is 5.76. The van der Waals surface area contributed by atoms with Gasteiger partial charge in [-0.1, -0.05) is 36.4 Å².